The van der Waals surface area contributed by atoms with Crippen molar-refractivity contribution in [1.82, 2.24) is 24.3 Å². The van der Waals surface area contributed by atoms with E-state index in [1.807, 2.05) is 73.2 Å². The van der Waals surface area contributed by atoms with Gasteiger partial charge in [0.05, 0.1) is 23.8 Å². The van der Waals surface area contributed by atoms with E-state index in [9.17, 15) is 0 Å². The van der Waals surface area contributed by atoms with Gasteiger partial charge in [0, 0.05) is 49.7 Å². The molecule has 2 aromatic carbocycles. The minimum atomic E-state index is 0.794. The van der Waals surface area contributed by atoms with Crippen molar-refractivity contribution in [3.63, 3.8) is 0 Å². The number of anilines is 1. The molecule has 174 valence electrons. The number of fused-ring (bicyclic) bond motifs is 1. The maximum atomic E-state index is 5.93. The third-order valence-electron chi connectivity index (χ3n) is 6.40. The molecule has 5 aromatic rings. The summed E-state index contributed by atoms with van der Waals surface area (Å²) in [5, 5.41) is 0. The van der Waals surface area contributed by atoms with Crippen LogP contribution in [0, 0.1) is 0 Å². The van der Waals surface area contributed by atoms with E-state index in [2.05, 4.69) is 43.3 Å². The van der Waals surface area contributed by atoms with Gasteiger partial charge in [0.2, 0.25) is 0 Å². The number of hydrogen-bond acceptors (Lipinski definition) is 6. The Morgan fingerprint density at radius 2 is 1.43 bits per heavy atom. The second-order valence-corrected chi connectivity index (χ2v) is 8.78. The topological polar surface area (TPSA) is 58.8 Å². The Balaban J connectivity index is 1.24. The smallest absolute Gasteiger partial charge is 0.155 e. The molecule has 3 aromatic heterocycles. The molecule has 0 bridgehead atoms. The van der Waals surface area contributed by atoms with E-state index in [-0.39, 0.29) is 0 Å². The van der Waals surface area contributed by atoms with Gasteiger partial charge in [0.25, 0.3) is 0 Å². The van der Waals surface area contributed by atoms with Crippen molar-refractivity contribution in [2.75, 3.05) is 38.1 Å². The highest BCUT2D eigenvalue weighted by atomic mass is 16.5. The Hall–Kier alpha value is -4.23. The zero-order chi connectivity index (χ0) is 23.6. The van der Waals surface area contributed by atoms with Crippen molar-refractivity contribution in [3.8, 4) is 34.0 Å². The predicted molar refractivity (Wildman–Crippen MR) is 138 cm³/mol. The number of para-hydroxylation sites is 1. The van der Waals surface area contributed by atoms with E-state index in [0.717, 1.165) is 71.7 Å². The average Bonchev–Trinajstić information content (AvgIpc) is 3.34. The van der Waals surface area contributed by atoms with Gasteiger partial charge >= 0.3 is 0 Å². The third kappa shape index (κ3) is 4.46. The molecule has 4 heterocycles. The summed E-state index contributed by atoms with van der Waals surface area (Å²) < 4.78 is 8.00. The van der Waals surface area contributed by atoms with Crippen LogP contribution in [0.25, 0.3) is 28.2 Å². The lowest BCUT2D eigenvalue weighted by molar-refractivity contribution is 0.312. The van der Waals surface area contributed by atoms with E-state index in [0.29, 0.717) is 0 Å². The van der Waals surface area contributed by atoms with Crippen LogP contribution in [0.5, 0.6) is 11.5 Å². The first-order valence-corrected chi connectivity index (χ1v) is 11.8. The Morgan fingerprint density at radius 3 is 2.17 bits per heavy atom. The summed E-state index contributed by atoms with van der Waals surface area (Å²) in [6, 6.07) is 22.0. The van der Waals surface area contributed by atoms with Crippen LogP contribution in [0.2, 0.25) is 0 Å². The van der Waals surface area contributed by atoms with Crippen molar-refractivity contribution >= 4 is 11.5 Å². The van der Waals surface area contributed by atoms with Gasteiger partial charge in [0.15, 0.2) is 5.65 Å². The monoisotopic (exact) mass is 462 g/mol. The summed E-state index contributed by atoms with van der Waals surface area (Å²) in [5.41, 5.74) is 4.69. The molecule has 6 rings (SSSR count). The van der Waals surface area contributed by atoms with Crippen LogP contribution < -0.4 is 9.64 Å². The summed E-state index contributed by atoms with van der Waals surface area (Å²) in [5.74, 6) is 2.63. The molecule has 0 atom stereocenters. The maximum Gasteiger partial charge on any atom is 0.155 e. The summed E-state index contributed by atoms with van der Waals surface area (Å²) >= 11 is 0. The molecular formula is C28H26N6O. The number of ether oxygens (including phenoxy) is 1. The number of pyridine rings is 1. The van der Waals surface area contributed by atoms with Crippen molar-refractivity contribution in [2.45, 2.75) is 0 Å². The molecule has 1 aliphatic rings. The first kappa shape index (κ1) is 21.3. The van der Waals surface area contributed by atoms with Crippen molar-refractivity contribution in [2.24, 2.45) is 0 Å². The Kier molecular flexibility index (Phi) is 5.60. The van der Waals surface area contributed by atoms with Crippen molar-refractivity contribution < 1.29 is 4.74 Å². The van der Waals surface area contributed by atoms with Crippen molar-refractivity contribution in [1.29, 1.82) is 0 Å². The summed E-state index contributed by atoms with van der Waals surface area (Å²) in [7, 11) is 2.16. The Bertz CT molecular complexity index is 1420. The number of aromatic nitrogens is 4. The molecule has 7 nitrogen and oxygen atoms in total. The van der Waals surface area contributed by atoms with Gasteiger partial charge in [-0.15, -0.1) is 0 Å². The minimum Gasteiger partial charge on any atom is -0.457 e. The SMILES string of the molecule is CN1CCN(c2ccc(-c3cn4c(-c5ccc(Oc6ccccc6)cc5)cnc4cn3)cn2)CC1. The average molecular weight is 463 g/mol. The van der Waals surface area contributed by atoms with Crippen LogP contribution in [0.4, 0.5) is 5.82 Å². The van der Waals surface area contributed by atoms with Crippen LogP contribution in [-0.2, 0) is 0 Å². The maximum absolute atomic E-state index is 5.93. The third-order valence-corrected chi connectivity index (χ3v) is 6.40. The zero-order valence-corrected chi connectivity index (χ0v) is 19.6. The second-order valence-electron chi connectivity index (χ2n) is 8.78. The summed E-state index contributed by atoms with van der Waals surface area (Å²) in [4.78, 5) is 18.6. The van der Waals surface area contributed by atoms with E-state index in [1.54, 1.807) is 6.20 Å². The van der Waals surface area contributed by atoms with Crippen LogP contribution in [0.3, 0.4) is 0 Å². The van der Waals surface area contributed by atoms with Gasteiger partial charge in [-0.05, 0) is 55.6 Å². The van der Waals surface area contributed by atoms with Crippen LogP contribution in [0.1, 0.15) is 0 Å². The molecule has 1 saturated heterocycles. The molecule has 1 aliphatic heterocycles. The van der Waals surface area contributed by atoms with Gasteiger partial charge < -0.3 is 14.5 Å². The summed E-state index contributed by atoms with van der Waals surface area (Å²) in [6.45, 7) is 4.12. The fourth-order valence-electron chi connectivity index (χ4n) is 4.33. The fourth-order valence-corrected chi connectivity index (χ4v) is 4.33. The fraction of sp³-hybridized carbons (Fsp3) is 0.179. The van der Waals surface area contributed by atoms with E-state index in [4.69, 9.17) is 9.72 Å². The highest BCUT2D eigenvalue weighted by Crippen LogP contribution is 2.28. The highest BCUT2D eigenvalue weighted by molar-refractivity contribution is 5.67. The van der Waals surface area contributed by atoms with Gasteiger partial charge in [-0.3, -0.25) is 9.38 Å². The lowest BCUT2D eigenvalue weighted by Crippen LogP contribution is -2.44. The number of piperazine rings is 1. The predicted octanol–water partition coefficient (Wildman–Crippen LogP) is 5.00. The molecular weight excluding hydrogens is 436 g/mol. The molecule has 35 heavy (non-hydrogen) atoms. The van der Waals surface area contributed by atoms with Crippen molar-refractivity contribution in [3.05, 3.63) is 91.5 Å². The number of likely N-dealkylation sites (N-methyl/N-ethyl adjacent to an activating group) is 1. The molecule has 0 spiro atoms. The van der Waals surface area contributed by atoms with E-state index in [1.165, 1.54) is 0 Å². The molecule has 0 amide bonds. The molecule has 0 aliphatic carbocycles. The Morgan fingerprint density at radius 1 is 0.686 bits per heavy atom. The number of benzene rings is 2. The Labute approximate surface area is 204 Å². The number of hydrogen-bond donors (Lipinski definition) is 0. The molecule has 7 heteroatoms. The van der Waals surface area contributed by atoms with Crippen LogP contribution in [0.15, 0.2) is 91.5 Å². The standard InChI is InChI=1S/C28H26N6O/c1-32-13-15-33(16-14-32)27-12-9-22(17-30-27)25-20-34-26(18-31-28(34)19-29-25)21-7-10-24(11-8-21)35-23-5-3-2-4-6-23/h2-12,17-20H,13-16H2,1H3. The van der Waals surface area contributed by atoms with Gasteiger partial charge in [-0.25, -0.2) is 9.97 Å². The molecule has 0 saturated carbocycles. The largest absolute Gasteiger partial charge is 0.457 e. The lowest BCUT2D eigenvalue weighted by atomic mass is 10.1. The number of imidazole rings is 1. The number of rotatable bonds is 5. The van der Waals surface area contributed by atoms with Gasteiger partial charge in [-0.1, -0.05) is 18.2 Å². The van der Waals surface area contributed by atoms with Crippen LogP contribution in [-0.4, -0.2) is 57.5 Å². The quantitative estimate of drug-likeness (QED) is 0.366. The normalized spacial score (nSPS) is 14.4. The van der Waals surface area contributed by atoms with Gasteiger partial charge in [0.1, 0.15) is 17.3 Å². The second kappa shape index (κ2) is 9.19. The highest BCUT2D eigenvalue weighted by Gasteiger charge is 2.15. The van der Waals surface area contributed by atoms with E-state index < -0.39 is 0 Å². The zero-order valence-electron chi connectivity index (χ0n) is 19.6. The van der Waals surface area contributed by atoms with Gasteiger partial charge in [-0.2, -0.15) is 0 Å². The van der Waals surface area contributed by atoms with Crippen LogP contribution >= 0.6 is 0 Å². The lowest BCUT2D eigenvalue weighted by Gasteiger charge is -2.33. The molecule has 0 unspecified atom stereocenters. The van der Waals surface area contributed by atoms with E-state index >= 15 is 0 Å². The number of nitrogens with zero attached hydrogens (tertiary/aromatic N) is 6. The first-order valence-electron chi connectivity index (χ1n) is 11.8. The summed E-state index contributed by atoms with van der Waals surface area (Å²) in [6.07, 6.45) is 7.62. The molecule has 1 fully saturated rings. The minimum absolute atomic E-state index is 0.794. The molecule has 0 radical (unpaired) electrons. The molecule has 0 N–H and O–H groups in total. The first-order chi connectivity index (χ1) is 17.2.